The summed E-state index contributed by atoms with van der Waals surface area (Å²) in [6, 6.07) is 3.17. The van der Waals surface area contributed by atoms with Crippen molar-refractivity contribution in [1.82, 2.24) is 5.10 Å². The molecule has 1 aromatic heterocycles. The zero-order valence-corrected chi connectivity index (χ0v) is 10.4. The van der Waals surface area contributed by atoms with Crippen LogP contribution in [0.15, 0.2) is 18.3 Å². The number of fused-ring (bicyclic) bond motifs is 1. The van der Waals surface area contributed by atoms with Crippen LogP contribution in [0, 0.1) is 0 Å². The number of hydrogen-bond acceptors (Lipinski definition) is 5. The third-order valence-electron chi connectivity index (χ3n) is 2.58. The lowest BCUT2D eigenvalue weighted by molar-refractivity contribution is -0.743. The Bertz CT molecular complexity index is 642. The van der Waals surface area contributed by atoms with Crippen LogP contribution in [-0.2, 0) is 11.3 Å². The second-order valence-electron chi connectivity index (χ2n) is 3.78. The van der Waals surface area contributed by atoms with Crippen molar-refractivity contribution in [3.63, 3.8) is 0 Å². The molecule has 0 saturated carbocycles. The number of aliphatic carboxylic acids is 1. The van der Waals surface area contributed by atoms with Crippen molar-refractivity contribution >= 4 is 16.9 Å². The number of carboxylic acid groups (broad SMARTS) is 1. The van der Waals surface area contributed by atoms with Gasteiger partial charge in [0.2, 0.25) is 0 Å². The minimum absolute atomic E-state index is 0.274. The molecule has 1 heterocycles. The maximum atomic E-state index is 11.9. The van der Waals surface area contributed by atoms with E-state index in [1.165, 1.54) is 14.2 Å². The fourth-order valence-electron chi connectivity index (χ4n) is 1.79. The first-order valence-electron chi connectivity index (χ1n) is 5.41. The number of rotatable bonds is 4. The summed E-state index contributed by atoms with van der Waals surface area (Å²) in [5.41, 5.74) is 0.274. The molecule has 0 saturated heterocycles. The molecule has 2 aromatic rings. The van der Waals surface area contributed by atoms with E-state index < -0.39 is 12.5 Å². The summed E-state index contributed by atoms with van der Waals surface area (Å²) in [5.74, 6) is -0.683. The Labute approximate surface area is 108 Å². The summed E-state index contributed by atoms with van der Waals surface area (Å²) in [5, 5.41) is 25.1. The van der Waals surface area contributed by atoms with Gasteiger partial charge in [-0.2, -0.15) is 0 Å². The number of benzene rings is 1. The molecule has 0 bridgehead atoms. The van der Waals surface area contributed by atoms with E-state index in [1.807, 2.05) is 0 Å². The van der Waals surface area contributed by atoms with Crippen molar-refractivity contribution in [2.45, 2.75) is 6.54 Å². The first-order valence-corrected chi connectivity index (χ1v) is 5.41. The molecule has 1 N–H and O–H groups in total. The third kappa shape index (κ3) is 2.35. The summed E-state index contributed by atoms with van der Waals surface area (Å²) < 4.78 is 11.4. The van der Waals surface area contributed by atoms with Crippen molar-refractivity contribution in [1.29, 1.82) is 0 Å². The predicted molar refractivity (Wildman–Crippen MR) is 62.1 cm³/mol. The van der Waals surface area contributed by atoms with Gasteiger partial charge in [-0.3, -0.25) is 0 Å². The lowest BCUT2D eigenvalue weighted by atomic mass is 10.2. The smallest absolute Gasteiger partial charge is 0.372 e. The maximum absolute atomic E-state index is 11.9. The van der Waals surface area contributed by atoms with Gasteiger partial charge in [0.05, 0.1) is 14.2 Å². The van der Waals surface area contributed by atoms with E-state index >= 15 is 0 Å². The third-order valence-corrected chi connectivity index (χ3v) is 2.58. The molecular weight excluding hydrogens is 252 g/mol. The number of aromatic nitrogens is 2. The van der Waals surface area contributed by atoms with Crippen LogP contribution >= 0.6 is 0 Å². The quantitative estimate of drug-likeness (QED) is 0.761. The molecule has 7 nitrogen and oxygen atoms in total. The highest BCUT2D eigenvalue weighted by Gasteiger charge is 2.17. The van der Waals surface area contributed by atoms with Crippen LogP contribution in [0.4, 0.5) is 0 Å². The van der Waals surface area contributed by atoms with Crippen LogP contribution in [0.5, 0.6) is 17.2 Å². The van der Waals surface area contributed by atoms with Gasteiger partial charge in [0.1, 0.15) is 0 Å². The van der Waals surface area contributed by atoms with E-state index in [1.54, 1.807) is 12.1 Å². The summed E-state index contributed by atoms with van der Waals surface area (Å²) >= 11 is 0. The van der Waals surface area contributed by atoms with Gasteiger partial charge >= 0.3 is 5.97 Å². The molecule has 0 fully saturated rings. The van der Waals surface area contributed by atoms with Crippen molar-refractivity contribution in [3.8, 4) is 17.2 Å². The number of carboxylic acids is 1. The zero-order chi connectivity index (χ0) is 14.0. The number of nitrogens with zero attached hydrogens (tertiary/aromatic N) is 2. The largest absolute Gasteiger partial charge is 0.868 e. The Morgan fingerprint density at radius 3 is 2.74 bits per heavy atom. The van der Waals surface area contributed by atoms with Gasteiger partial charge in [0.15, 0.2) is 23.2 Å². The summed E-state index contributed by atoms with van der Waals surface area (Å²) in [6.07, 6.45) is 1.14. The fourth-order valence-corrected chi connectivity index (χ4v) is 1.79. The van der Waals surface area contributed by atoms with Gasteiger partial charge < -0.3 is 19.7 Å². The molecule has 0 atom stereocenters. The minimum atomic E-state index is -1.09. The van der Waals surface area contributed by atoms with E-state index in [-0.39, 0.29) is 11.3 Å². The summed E-state index contributed by atoms with van der Waals surface area (Å²) in [6.45, 7) is -0.397. The van der Waals surface area contributed by atoms with E-state index in [0.29, 0.717) is 16.9 Å². The summed E-state index contributed by atoms with van der Waals surface area (Å²) in [4.78, 5) is 10.7. The van der Waals surface area contributed by atoms with Crippen LogP contribution in [0.1, 0.15) is 0 Å². The van der Waals surface area contributed by atoms with E-state index in [0.717, 1.165) is 10.9 Å². The zero-order valence-electron chi connectivity index (χ0n) is 10.4. The highest BCUT2D eigenvalue weighted by Crippen LogP contribution is 2.35. The Morgan fingerprint density at radius 2 is 2.16 bits per heavy atom. The van der Waals surface area contributed by atoms with Crippen LogP contribution in [-0.4, -0.2) is 30.4 Å². The Balaban J connectivity index is 2.71. The van der Waals surface area contributed by atoms with Gasteiger partial charge in [-0.15, -0.1) is 0 Å². The molecule has 0 unspecified atom stereocenters. The van der Waals surface area contributed by atoms with Crippen molar-refractivity contribution in [3.05, 3.63) is 18.3 Å². The molecule has 0 aliphatic carbocycles. The van der Waals surface area contributed by atoms with Gasteiger partial charge in [-0.25, -0.2) is 4.79 Å². The fraction of sp³-hybridized carbons (Fsp3) is 0.250. The van der Waals surface area contributed by atoms with Gasteiger partial charge in [0, 0.05) is 10.5 Å². The van der Waals surface area contributed by atoms with Crippen molar-refractivity contribution in [2.75, 3.05) is 14.2 Å². The van der Waals surface area contributed by atoms with E-state index in [4.69, 9.17) is 14.6 Å². The Kier molecular flexibility index (Phi) is 3.37. The lowest BCUT2D eigenvalue weighted by Gasteiger charge is -2.12. The molecular formula is C12H12N2O5. The van der Waals surface area contributed by atoms with Crippen LogP contribution in [0.3, 0.4) is 0 Å². The average molecular weight is 264 g/mol. The number of methoxy groups -OCH3 is 2. The summed E-state index contributed by atoms with van der Waals surface area (Å²) in [7, 11) is 2.90. The van der Waals surface area contributed by atoms with Crippen LogP contribution in [0.2, 0.25) is 0 Å². The molecule has 0 aliphatic rings. The molecule has 1 aromatic carbocycles. The maximum Gasteiger partial charge on any atom is 0.372 e. The molecule has 2 rings (SSSR count). The van der Waals surface area contributed by atoms with Gasteiger partial charge in [-0.05, 0) is 17.9 Å². The highest BCUT2D eigenvalue weighted by atomic mass is 16.5. The second-order valence-corrected chi connectivity index (χ2v) is 3.78. The molecule has 7 heteroatoms. The van der Waals surface area contributed by atoms with Crippen LogP contribution < -0.4 is 19.3 Å². The van der Waals surface area contributed by atoms with Crippen molar-refractivity contribution in [2.24, 2.45) is 0 Å². The van der Waals surface area contributed by atoms with Crippen LogP contribution in [0.25, 0.3) is 10.9 Å². The minimum Gasteiger partial charge on any atom is -0.868 e. The first-order chi connectivity index (χ1) is 9.06. The first kappa shape index (κ1) is 12.9. The number of hydrogen-bond donors (Lipinski definition) is 1. The molecule has 100 valence electrons. The molecule has 0 aliphatic heterocycles. The SMILES string of the molecule is COc1ccc2c([O-])c[n+](CC(=O)O)nc2c1OC. The highest BCUT2D eigenvalue weighted by molar-refractivity contribution is 5.90. The van der Waals surface area contributed by atoms with E-state index in [2.05, 4.69) is 5.10 Å². The molecule has 19 heavy (non-hydrogen) atoms. The Hall–Kier alpha value is -2.57. The van der Waals surface area contributed by atoms with Crippen molar-refractivity contribution < 1.29 is 29.2 Å². The topological polar surface area (TPSA) is 95.6 Å². The van der Waals surface area contributed by atoms with Gasteiger partial charge in [-0.1, -0.05) is 4.68 Å². The normalized spacial score (nSPS) is 10.4. The lowest BCUT2D eigenvalue weighted by Crippen LogP contribution is -2.41. The second kappa shape index (κ2) is 4.97. The van der Waals surface area contributed by atoms with Gasteiger partial charge in [0.25, 0.3) is 6.54 Å². The molecule has 0 amide bonds. The average Bonchev–Trinajstić information content (AvgIpc) is 2.36. The predicted octanol–water partition coefficient (Wildman–Crippen LogP) is -0.302. The Morgan fingerprint density at radius 1 is 1.42 bits per heavy atom. The molecule has 0 spiro atoms. The number of ether oxygens (including phenoxy) is 2. The standard InChI is InChI=1S/C12H12N2O5/c1-18-9-4-3-7-8(15)5-14(6-10(16)17)13-11(7)12(9)19-2/h3-5H,6H2,1-2H3,(H-,13,15,16,17). The monoisotopic (exact) mass is 264 g/mol. The molecule has 0 radical (unpaired) electrons. The van der Waals surface area contributed by atoms with E-state index in [9.17, 15) is 9.90 Å². The number of carbonyl (C=O) groups is 1.